The number of aromatic nitrogens is 1. The van der Waals surface area contributed by atoms with Gasteiger partial charge in [0.15, 0.2) is 0 Å². The SMILES string of the molecule is CC(=O)N1CCN([C@H]2CCC[C@@H](N(Br)C(=O)c3cc4c(F)ccc(C)c4[nH]3)C2)CC1. The fourth-order valence-electron chi connectivity index (χ4n) is 4.80. The van der Waals surface area contributed by atoms with Crippen molar-refractivity contribution in [3.63, 3.8) is 0 Å². The molecule has 6 nitrogen and oxygen atoms in total. The van der Waals surface area contributed by atoms with Crippen molar-refractivity contribution in [1.82, 2.24) is 18.7 Å². The van der Waals surface area contributed by atoms with E-state index in [1.165, 1.54) is 6.07 Å². The first-order valence-corrected chi connectivity index (χ1v) is 11.3. The summed E-state index contributed by atoms with van der Waals surface area (Å²) in [5.74, 6) is -0.357. The van der Waals surface area contributed by atoms with E-state index in [0.29, 0.717) is 22.6 Å². The highest BCUT2D eigenvalue weighted by Crippen LogP contribution is 2.31. The first-order chi connectivity index (χ1) is 14.3. The van der Waals surface area contributed by atoms with E-state index in [-0.39, 0.29) is 23.7 Å². The summed E-state index contributed by atoms with van der Waals surface area (Å²) in [5.41, 5.74) is 1.98. The number of hydrogen-bond acceptors (Lipinski definition) is 3. The third-order valence-corrected chi connectivity index (χ3v) is 7.49. The van der Waals surface area contributed by atoms with Crippen molar-refractivity contribution in [2.75, 3.05) is 26.2 Å². The van der Waals surface area contributed by atoms with Crippen LogP contribution < -0.4 is 0 Å². The first-order valence-electron chi connectivity index (χ1n) is 10.6. The molecule has 2 amide bonds. The van der Waals surface area contributed by atoms with Gasteiger partial charge in [0.05, 0.1) is 21.7 Å². The highest BCUT2D eigenvalue weighted by Gasteiger charge is 2.34. The van der Waals surface area contributed by atoms with Crippen LogP contribution in [0.25, 0.3) is 10.9 Å². The zero-order valence-electron chi connectivity index (χ0n) is 17.5. The maximum atomic E-state index is 14.1. The van der Waals surface area contributed by atoms with Gasteiger partial charge in [-0.05, 0) is 50.3 Å². The molecule has 8 heteroatoms. The summed E-state index contributed by atoms with van der Waals surface area (Å²) in [6.07, 6.45) is 4.00. The number of rotatable bonds is 3. The summed E-state index contributed by atoms with van der Waals surface area (Å²) in [6.45, 7) is 6.83. The van der Waals surface area contributed by atoms with Crippen LogP contribution in [0.15, 0.2) is 18.2 Å². The normalized spacial score (nSPS) is 23.0. The minimum atomic E-state index is -0.325. The summed E-state index contributed by atoms with van der Waals surface area (Å²) in [5, 5.41) is 0.448. The monoisotopic (exact) mass is 478 g/mol. The van der Waals surface area contributed by atoms with Gasteiger partial charge in [-0.1, -0.05) is 6.07 Å². The van der Waals surface area contributed by atoms with Crippen molar-refractivity contribution >= 4 is 38.9 Å². The Bertz CT molecular complexity index is 915. The van der Waals surface area contributed by atoms with Crippen molar-refractivity contribution in [3.05, 3.63) is 35.3 Å². The van der Waals surface area contributed by atoms with E-state index in [9.17, 15) is 14.0 Å². The average molecular weight is 479 g/mol. The smallest absolute Gasteiger partial charge is 0.280 e. The Morgan fingerprint density at radius 1 is 1.20 bits per heavy atom. The second kappa shape index (κ2) is 8.67. The number of aryl methyl sites for hydroxylation is 1. The molecule has 1 N–H and O–H groups in total. The molecule has 0 radical (unpaired) electrons. The Hall–Kier alpha value is -1.93. The Morgan fingerprint density at radius 3 is 2.60 bits per heavy atom. The Labute approximate surface area is 184 Å². The summed E-state index contributed by atoms with van der Waals surface area (Å²) in [6, 6.07) is 5.25. The second-order valence-electron chi connectivity index (χ2n) is 8.47. The zero-order chi connectivity index (χ0) is 21.4. The van der Waals surface area contributed by atoms with Crippen LogP contribution in [0, 0.1) is 12.7 Å². The Balaban J connectivity index is 1.43. The summed E-state index contributed by atoms with van der Waals surface area (Å²) in [7, 11) is 0. The quantitative estimate of drug-likeness (QED) is 0.681. The number of halogens is 2. The molecule has 1 aliphatic heterocycles. The predicted molar refractivity (Wildman–Crippen MR) is 118 cm³/mol. The fourth-order valence-corrected chi connectivity index (χ4v) is 5.36. The molecule has 2 aliphatic rings. The van der Waals surface area contributed by atoms with Gasteiger partial charge in [0, 0.05) is 50.6 Å². The molecule has 1 saturated carbocycles. The molecule has 4 rings (SSSR count). The third kappa shape index (κ3) is 4.12. The Morgan fingerprint density at radius 2 is 1.93 bits per heavy atom. The standard InChI is InChI=1S/C22H28BrFN4O2/c1-14-6-7-19(24)18-13-20(25-21(14)18)22(30)28(23)17-5-3-4-16(12-17)27-10-8-26(9-11-27)15(2)29/h6-7,13,16-17,25H,3-5,8-12H2,1-2H3/t16-,17+/m0/s1. The van der Waals surface area contributed by atoms with Crippen LogP contribution in [0.1, 0.15) is 48.7 Å². The van der Waals surface area contributed by atoms with Crippen LogP contribution in [-0.4, -0.2) is 68.8 Å². The molecule has 1 aliphatic carbocycles. The maximum absolute atomic E-state index is 14.1. The lowest BCUT2D eigenvalue weighted by atomic mass is 9.89. The molecule has 1 aromatic carbocycles. The summed E-state index contributed by atoms with van der Waals surface area (Å²) in [4.78, 5) is 32.1. The van der Waals surface area contributed by atoms with Crippen molar-refractivity contribution in [2.45, 2.75) is 51.6 Å². The minimum Gasteiger partial charge on any atom is -0.350 e. The number of carbonyl (C=O) groups excluding carboxylic acids is 2. The lowest BCUT2D eigenvalue weighted by molar-refractivity contribution is -0.131. The van der Waals surface area contributed by atoms with Crippen LogP contribution in [0.2, 0.25) is 0 Å². The number of aromatic amines is 1. The fraction of sp³-hybridized carbons (Fsp3) is 0.545. The average Bonchev–Trinajstić information content (AvgIpc) is 3.22. The highest BCUT2D eigenvalue weighted by molar-refractivity contribution is 9.07. The molecule has 30 heavy (non-hydrogen) atoms. The number of carbonyl (C=O) groups is 2. The lowest BCUT2D eigenvalue weighted by Crippen LogP contribution is -2.53. The van der Waals surface area contributed by atoms with E-state index in [4.69, 9.17) is 0 Å². The highest BCUT2D eigenvalue weighted by atomic mass is 79.9. The molecular formula is C22H28BrFN4O2. The molecular weight excluding hydrogens is 451 g/mol. The van der Waals surface area contributed by atoms with Crippen LogP contribution >= 0.6 is 16.1 Å². The van der Waals surface area contributed by atoms with Gasteiger partial charge in [0.1, 0.15) is 11.5 Å². The van der Waals surface area contributed by atoms with E-state index in [2.05, 4.69) is 26.0 Å². The van der Waals surface area contributed by atoms with E-state index in [0.717, 1.165) is 57.4 Å². The molecule has 0 spiro atoms. The number of H-pyrrole nitrogens is 1. The van der Waals surface area contributed by atoms with Gasteiger partial charge in [-0.25, -0.2) is 4.39 Å². The number of nitrogens with one attached hydrogen (secondary N) is 1. The van der Waals surface area contributed by atoms with Gasteiger partial charge in [-0.15, -0.1) is 0 Å². The molecule has 162 valence electrons. The van der Waals surface area contributed by atoms with Gasteiger partial charge in [0.2, 0.25) is 5.91 Å². The van der Waals surface area contributed by atoms with E-state index >= 15 is 0 Å². The van der Waals surface area contributed by atoms with Gasteiger partial charge in [-0.3, -0.25) is 18.4 Å². The van der Waals surface area contributed by atoms with Crippen LogP contribution in [0.4, 0.5) is 4.39 Å². The van der Waals surface area contributed by atoms with Crippen LogP contribution in [0.3, 0.4) is 0 Å². The molecule has 2 aromatic rings. The van der Waals surface area contributed by atoms with Crippen LogP contribution in [-0.2, 0) is 4.79 Å². The number of nitrogens with zero attached hydrogens (tertiary/aromatic N) is 3. The molecule has 0 bridgehead atoms. The van der Waals surface area contributed by atoms with Gasteiger partial charge < -0.3 is 9.88 Å². The maximum Gasteiger partial charge on any atom is 0.280 e. The largest absolute Gasteiger partial charge is 0.350 e. The predicted octanol–water partition coefficient (Wildman–Crippen LogP) is 3.84. The number of amides is 2. The van der Waals surface area contributed by atoms with Gasteiger partial charge in [-0.2, -0.15) is 0 Å². The molecule has 2 atom stereocenters. The number of hydrogen-bond donors (Lipinski definition) is 1. The van der Waals surface area contributed by atoms with Crippen molar-refractivity contribution in [2.24, 2.45) is 0 Å². The molecule has 2 heterocycles. The van der Waals surface area contributed by atoms with Crippen molar-refractivity contribution < 1.29 is 14.0 Å². The first kappa shape index (κ1) is 21.3. The molecule has 0 unspecified atom stereocenters. The van der Waals surface area contributed by atoms with E-state index in [1.54, 1.807) is 23.0 Å². The molecule has 1 saturated heterocycles. The lowest BCUT2D eigenvalue weighted by Gasteiger charge is -2.43. The zero-order valence-corrected chi connectivity index (χ0v) is 19.0. The number of piperazine rings is 1. The van der Waals surface area contributed by atoms with Crippen LogP contribution in [0.5, 0.6) is 0 Å². The summed E-state index contributed by atoms with van der Waals surface area (Å²) >= 11 is 3.51. The van der Waals surface area contributed by atoms with Gasteiger partial charge in [0.25, 0.3) is 5.91 Å². The topological polar surface area (TPSA) is 59.7 Å². The minimum absolute atomic E-state index is 0.0828. The van der Waals surface area contributed by atoms with E-state index in [1.807, 2.05) is 11.8 Å². The third-order valence-electron chi connectivity index (χ3n) is 6.59. The van der Waals surface area contributed by atoms with Gasteiger partial charge >= 0.3 is 0 Å². The molecule has 2 fully saturated rings. The van der Waals surface area contributed by atoms with Crippen molar-refractivity contribution in [3.8, 4) is 0 Å². The van der Waals surface area contributed by atoms with E-state index < -0.39 is 0 Å². The summed E-state index contributed by atoms with van der Waals surface area (Å²) < 4.78 is 15.8. The Kier molecular flexibility index (Phi) is 6.16. The number of fused-ring (bicyclic) bond motifs is 1. The van der Waals surface area contributed by atoms with Crippen molar-refractivity contribution in [1.29, 1.82) is 0 Å². The second-order valence-corrected chi connectivity index (χ2v) is 9.23. The number of benzene rings is 1. The molecule has 1 aromatic heterocycles.